The number of aryl methyl sites for hydroxylation is 1. The summed E-state index contributed by atoms with van der Waals surface area (Å²) in [5.74, 6) is 1.64. The van der Waals surface area contributed by atoms with Crippen LogP contribution in [0.4, 0.5) is 0 Å². The van der Waals surface area contributed by atoms with Crippen molar-refractivity contribution in [2.75, 3.05) is 6.61 Å². The van der Waals surface area contributed by atoms with Gasteiger partial charge in [0.1, 0.15) is 11.5 Å². The van der Waals surface area contributed by atoms with Gasteiger partial charge in [-0.1, -0.05) is 74.1 Å². The van der Waals surface area contributed by atoms with Gasteiger partial charge >= 0.3 is 0 Å². The van der Waals surface area contributed by atoms with E-state index in [2.05, 4.69) is 31.2 Å². The van der Waals surface area contributed by atoms with Crippen LogP contribution in [0.3, 0.4) is 0 Å². The van der Waals surface area contributed by atoms with E-state index < -0.39 is 0 Å². The second-order valence-electron chi connectivity index (χ2n) is 9.19. The van der Waals surface area contributed by atoms with Crippen molar-refractivity contribution in [1.82, 2.24) is 9.97 Å². The van der Waals surface area contributed by atoms with Gasteiger partial charge in [0, 0.05) is 12.0 Å². The van der Waals surface area contributed by atoms with Gasteiger partial charge in [0.25, 0.3) is 0 Å². The summed E-state index contributed by atoms with van der Waals surface area (Å²) < 4.78 is 5.50. The van der Waals surface area contributed by atoms with E-state index >= 15 is 0 Å². The summed E-state index contributed by atoms with van der Waals surface area (Å²) in [6.45, 7) is 4.69. The van der Waals surface area contributed by atoms with Gasteiger partial charge < -0.3 is 4.74 Å². The molecule has 1 aliphatic carbocycles. The minimum Gasteiger partial charge on any atom is -0.494 e. The molecule has 33 heavy (non-hydrogen) atoms. The number of carbonyl (C=O) groups is 1. The fourth-order valence-electron chi connectivity index (χ4n) is 4.64. The van der Waals surface area contributed by atoms with E-state index in [1.54, 1.807) is 0 Å². The molecular formula is C29H34N2O2. The maximum atomic E-state index is 12.9. The highest BCUT2D eigenvalue weighted by molar-refractivity contribution is 5.83. The molecule has 0 radical (unpaired) electrons. The number of hydrogen-bond acceptors (Lipinski definition) is 4. The number of benzene rings is 2. The number of nitrogens with zero attached hydrogens (tertiary/aromatic N) is 2. The van der Waals surface area contributed by atoms with Crippen LogP contribution in [0.1, 0.15) is 61.5 Å². The van der Waals surface area contributed by atoms with Crippen LogP contribution in [0.15, 0.2) is 54.7 Å². The van der Waals surface area contributed by atoms with E-state index in [9.17, 15) is 4.79 Å². The zero-order chi connectivity index (χ0) is 23.0. The number of Topliss-reactive ketones (excluding diaryl/α,β-unsaturated/α-hetero) is 1. The van der Waals surface area contributed by atoms with Crippen LogP contribution in [0.25, 0.3) is 11.3 Å². The Morgan fingerprint density at radius 1 is 0.939 bits per heavy atom. The number of hydrogen-bond donors (Lipinski definition) is 0. The Bertz CT molecular complexity index is 1050. The van der Waals surface area contributed by atoms with Gasteiger partial charge in [0.15, 0.2) is 0 Å². The largest absolute Gasteiger partial charge is 0.494 e. The smallest absolute Gasteiger partial charge is 0.143 e. The molecule has 3 aromatic rings. The number of carbonyl (C=O) groups excluding carboxylic acids is 1. The molecule has 1 fully saturated rings. The maximum absolute atomic E-state index is 12.9. The van der Waals surface area contributed by atoms with Crippen molar-refractivity contribution >= 4 is 5.78 Å². The van der Waals surface area contributed by atoms with Crippen LogP contribution in [-0.2, 0) is 24.1 Å². The van der Waals surface area contributed by atoms with Crippen LogP contribution in [0.5, 0.6) is 5.75 Å². The molecule has 0 amide bonds. The van der Waals surface area contributed by atoms with Crippen LogP contribution in [0.2, 0.25) is 0 Å². The van der Waals surface area contributed by atoms with Gasteiger partial charge in [0.2, 0.25) is 0 Å². The quantitative estimate of drug-likeness (QED) is 0.389. The highest BCUT2D eigenvalue weighted by Crippen LogP contribution is 2.28. The molecule has 0 N–H and O–H groups in total. The first kappa shape index (κ1) is 23.2. The molecule has 4 rings (SSSR count). The molecule has 1 aromatic heterocycles. The van der Waals surface area contributed by atoms with Crippen LogP contribution in [0, 0.1) is 12.8 Å². The molecular weight excluding hydrogens is 408 g/mol. The van der Waals surface area contributed by atoms with Crippen molar-refractivity contribution < 1.29 is 9.53 Å². The lowest BCUT2D eigenvalue weighted by atomic mass is 9.85. The normalized spacial score (nSPS) is 14.2. The number of ether oxygens (including phenoxy) is 1. The average Bonchev–Trinajstić information content (AvgIpc) is 2.83. The molecule has 0 bridgehead atoms. The van der Waals surface area contributed by atoms with E-state index in [1.165, 1.54) is 37.7 Å². The Morgan fingerprint density at radius 3 is 2.36 bits per heavy atom. The lowest BCUT2D eigenvalue weighted by Gasteiger charge is -2.22. The summed E-state index contributed by atoms with van der Waals surface area (Å²) in [6.07, 6.45) is 9.88. The molecule has 4 nitrogen and oxygen atoms in total. The topological polar surface area (TPSA) is 52.1 Å². The first-order valence-electron chi connectivity index (χ1n) is 12.3. The van der Waals surface area contributed by atoms with Gasteiger partial charge in [-0.15, -0.1) is 0 Å². The van der Waals surface area contributed by atoms with Gasteiger partial charge in [-0.05, 0) is 43.9 Å². The Hall–Kier alpha value is -3.01. The third-order valence-corrected chi connectivity index (χ3v) is 6.49. The van der Waals surface area contributed by atoms with Crippen molar-refractivity contribution in [2.24, 2.45) is 5.92 Å². The Labute approximate surface area is 197 Å². The zero-order valence-electron chi connectivity index (χ0n) is 19.8. The second-order valence-corrected chi connectivity index (χ2v) is 9.19. The minimum absolute atomic E-state index is 0.168. The lowest BCUT2D eigenvalue weighted by molar-refractivity contribution is -0.117. The summed E-state index contributed by atoms with van der Waals surface area (Å²) in [6, 6.07) is 16.2. The fourth-order valence-corrected chi connectivity index (χ4v) is 4.64. The van der Waals surface area contributed by atoms with Crippen molar-refractivity contribution in [3.05, 3.63) is 77.2 Å². The van der Waals surface area contributed by atoms with E-state index in [0.29, 0.717) is 25.4 Å². The van der Waals surface area contributed by atoms with E-state index in [-0.39, 0.29) is 5.78 Å². The summed E-state index contributed by atoms with van der Waals surface area (Å²) in [4.78, 5) is 22.7. The molecule has 1 heterocycles. The highest BCUT2D eigenvalue weighted by Gasteiger charge is 2.19. The van der Waals surface area contributed by atoms with E-state index in [1.807, 2.05) is 37.4 Å². The monoisotopic (exact) mass is 442 g/mol. The standard InChI is InChI=1S/C29H34N2O2/c1-3-33-26-15-11-23(12-16-26)17-25(32)19-27-28(18-22-7-5-4-6-8-22)31-29(20-30-27)24-13-9-21(2)10-14-24/h9-16,20,22H,3-8,17-19H2,1-2H3. The summed E-state index contributed by atoms with van der Waals surface area (Å²) in [7, 11) is 0. The molecule has 172 valence electrons. The molecule has 4 heteroatoms. The van der Waals surface area contributed by atoms with Gasteiger partial charge in [-0.3, -0.25) is 9.78 Å². The highest BCUT2D eigenvalue weighted by atomic mass is 16.5. The molecule has 0 atom stereocenters. The molecule has 1 saturated carbocycles. The molecule has 2 aromatic carbocycles. The SMILES string of the molecule is CCOc1ccc(CC(=O)Cc2ncc(-c3ccc(C)cc3)nc2CC2CCCCC2)cc1. The van der Waals surface area contributed by atoms with Crippen molar-refractivity contribution in [3.63, 3.8) is 0 Å². The summed E-state index contributed by atoms with van der Waals surface area (Å²) in [5, 5.41) is 0. The lowest BCUT2D eigenvalue weighted by Crippen LogP contribution is -2.16. The summed E-state index contributed by atoms with van der Waals surface area (Å²) >= 11 is 0. The fraction of sp³-hybridized carbons (Fsp3) is 0.414. The van der Waals surface area contributed by atoms with Crippen molar-refractivity contribution in [3.8, 4) is 17.0 Å². The number of ketones is 1. The minimum atomic E-state index is 0.168. The van der Waals surface area contributed by atoms with Crippen LogP contribution < -0.4 is 4.74 Å². The zero-order valence-corrected chi connectivity index (χ0v) is 19.8. The molecule has 0 unspecified atom stereocenters. The summed E-state index contributed by atoms with van der Waals surface area (Å²) in [5.41, 5.74) is 6.04. The van der Waals surface area contributed by atoms with E-state index in [4.69, 9.17) is 14.7 Å². The predicted octanol–water partition coefficient (Wildman–Crippen LogP) is 6.33. The Morgan fingerprint density at radius 2 is 1.67 bits per heavy atom. The Kier molecular flexibility index (Phi) is 7.87. The average molecular weight is 443 g/mol. The Balaban J connectivity index is 1.52. The van der Waals surface area contributed by atoms with Crippen LogP contribution >= 0.6 is 0 Å². The molecule has 0 spiro atoms. The van der Waals surface area contributed by atoms with Gasteiger partial charge in [0.05, 0.1) is 36.3 Å². The van der Waals surface area contributed by atoms with Gasteiger partial charge in [-0.2, -0.15) is 0 Å². The first-order valence-corrected chi connectivity index (χ1v) is 12.3. The van der Waals surface area contributed by atoms with E-state index in [0.717, 1.165) is 40.4 Å². The number of rotatable bonds is 9. The van der Waals surface area contributed by atoms with Crippen molar-refractivity contribution in [1.29, 1.82) is 0 Å². The molecule has 0 aliphatic heterocycles. The second kappa shape index (κ2) is 11.2. The number of aromatic nitrogens is 2. The molecule has 1 aliphatic rings. The van der Waals surface area contributed by atoms with Crippen molar-refractivity contribution in [2.45, 2.75) is 65.2 Å². The van der Waals surface area contributed by atoms with Gasteiger partial charge in [-0.25, -0.2) is 4.98 Å². The molecule has 0 saturated heterocycles. The first-order chi connectivity index (χ1) is 16.1. The third-order valence-electron chi connectivity index (χ3n) is 6.49. The maximum Gasteiger partial charge on any atom is 0.143 e. The van der Waals surface area contributed by atoms with Crippen LogP contribution in [-0.4, -0.2) is 22.4 Å². The predicted molar refractivity (Wildman–Crippen MR) is 133 cm³/mol. The third kappa shape index (κ3) is 6.50.